The number of aromatic carboxylic acids is 1. The highest BCUT2D eigenvalue weighted by atomic mass is 16.5. The molecule has 1 aliphatic heterocycles. The fraction of sp³-hybridized carbons (Fsp3) is 0.500. The van der Waals surface area contributed by atoms with Crippen LogP contribution in [0.4, 0.5) is 11.4 Å². The zero-order chi connectivity index (χ0) is 14.4. The Morgan fingerprint density at radius 1 is 1.40 bits per heavy atom. The third-order valence-electron chi connectivity index (χ3n) is 3.37. The molecule has 0 unspecified atom stereocenters. The number of anilines is 2. The second kappa shape index (κ2) is 7.12. The van der Waals surface area contributed by atoms with Crippen LogP contribution in [0.1, 0.15) is 16.8 Å². The molecule has 1 aromatic carbocycles. The van der Waals surface area contributed by atoms with E-state index >= 15 is 0 Å². The largest absolute Gasteiger partial charge is 0.478 e. The molecule has 1 aliphatic rings. The number of carboxylic acid groups (broad SMARTS) is 1. The van der Waals surface area contributed by atoms with Crippen molar-refractivity contribution in [3.05, 3.63) is 23.8 Å². The predicted octanol–water partition coefficient (Wildman–Crippen LogP) is 1.10. The molecule has 2 rings (SSSR count). The van der Waals surface area contributed by atoms with Gasteiger partial charge in [0.25, 0.3) is 0 Å². The lowest BCUT2D eigenvalue weighted by atomic mass is 10.1. The lowest BCUT2D eigenvalue weighted by Gasteiger charge is -2.26. The van der Waals surface area contributed by atoms with Crippen LogP contribution in [0.2, 0.25) is 0 Å². The molecule has 6 heteroatoms. The van der Waals surface area contributed by atoms with Crippen molar-refractivity contribution in [1.82, 2.24) is 4.90 Å². The molecule has 1 aromatic rings. The van der Waals surface area contributed by atoms with E-state index in [-0.39, 0.29) is 11.3 Å². The van der Waals surface area contributed by atoms with E-state index in [0.717, 1.165) is 51.5 Å². The van der Waals surface area contributed by atoms with Crippen molar-refractivity contribution in [1.29, 1.82) is 0 Å². The number of hydrogen-bond acceptors (Lipinski definition) is 5. The summed E-state index contributed by atoms with van der Waals surface area (Å²) < 4.78 is 5.30. The normalized spacial score (nSPS) is 16.0. The van der Waals surface area contributed by atoms with Crippen LogP contribution >= 0.6 is 0 Å². The maximum absolute atomic E-state index is 11.0. The fourth-order valence-electron chi connectivity index (χ4n) is 2.21. The van der Waals surface area contributed by atoms with Crippen LogP contribution in [0, 0.1) is 0 Å². The van der Waals surface area contributed by atoms with Crippen molar-refractivity contribution >= 4 is 17.3 Å². The standard InChI is InChI=1S/C14H21N3O3/c15-13-3-2-11(10-12(13)14(18)19)16-4-1-5-17-6-8-20-9-7-17/h2-3,10,16H,1,4-9,15H2,(H,18,19). The summed E-state index contributed by atoms with van der Waals surface area (Å²) >= 11 is 0. The minimum atomic E-state index is -1.00. The molecule has 0 saturated carbocycles. The van der Waals surface area contributed by atoms with Gasteiger partial charge in [0.2, 0.25) is 0 Å². The zero-order valence-electron chi connectivity index (χ0n) is 11.5. The van der Waals surface area contributed by atoms with Crippen LogP contribution in [0.25, 0.3) is 0 Å². The van der Waals surface area contributed by atoms with Crippen molar-refractivity contribution in [2.75, 3.05) is 50.4 Å². The van der Waals surface area contributed by atoms with Gasteiger partial charge in [-0.1, -0.05) is 0 Å². The first-order valence-corrected chi connectivity index (χ1v) is 6.83. The SMILES string of the molecule is Nc1ccc(NCCCN2CCOCC2)cc1C(=O)O. The summed E-state index contributed by atoms with van der Waals surface area (Å²) in [5.74, 6) is -1.00. The fourth-order valence-corrected chi connectivity index (χ4v) is 2.21. The van der Waals surface area contributed by atoms with Crippen LogP contribution in [0.5, 0.6) is 0 Å². The topological polar surface area (TPSA) is 87.8 Å². The first-order valence-electron chi connectivity index (χ1n) is 6.83. The lowest BCUT2D eigenvalue weighted by molar-refractivity contribution is 0.0378. The van der Waals surface area contributed by atoms with Crippen molar-refractivity contribution in [3.63, 3.8) is 0 Å². The summed E-state index contributed by atoms with van der Waals surface area (Å²) in [5, 5.41) is 12.2. The average molecular weight is 279 g/mol. The van der Waals surface area contributed by atoms with E-state index in [1.54, 1.807) is 18.2 Å². The number of morpholine rings is 1. The van der Waals surface area contributed by atoms with E-state index in [1.165, 1.54) is 0 Å². The summed E-state index contributed by atoms with van der Waals surface area (Å²) in [5.41, 5.74) is 6.84. The average Bonchev–Trinajstić information content (AvgIpc) is 2.46. The Labute approximate surface area is 118 Å². The van der Waals surface area contributed by atoms with E-state index in [0.29, 0.717) is 0 Å². The molecule has 0 aromatic heterocycles. The molecule has 1 fully saturated rings. The molecule has 4 N–H and O–H groups in total. The molecule has 20 heavy (non-hydrogen) atoms. The van der Waals surface area contributed by atoms with E-state index in [9.17, 15) is 4.79 Å². The molecule has 0 amide bonds. The molecule has 0 spiro atoms. The number of nitrogens with two attached hydrogens (primary N) is 1. The highest BCUT2D eigenvalue weighted by Gasteiger charge is 2.10. The number of hydrogen-bond donors (Lipinski definition) is 3. The van der Waals surface area contributed by atoms with Crippen LogP contribution in [-0.4, -0.2) is 55.4 Å². The molecule has 0 atom stereocenters. The van der Waals surface area contributed by atoms with Gasteiger partial charge in [-0.25, -0.2) is 4.79 Å². The van der Waals surface area contributed by atoms with Crippen molar-refractivity contribution < 1.29 is 14.6 Å². The highest BCUT2D eigenvalue weighted by molar-refractivity contribution is 5.94. The van der Waals surface area contributed by atoms with E-state index in [1.807, 2.05) is 0 Å². The van der Waals surface area contributed by atoms with Crippen LogP contribution < -0.4 is 11.1 Å². The summed E-state index contributed by atoms with van der Waals surface area (Å²) in [7, 11) is 0. The van der Waals surface area contributed by atoms with E-state index in [4.69, 9.17) is 15.6 Å². The van der Waals surface area contributed by atoms with Gasteiger partial charge in [-0.15, -0.1) is 0 Å². The summed E-state index contributed by atoms with van der Waals surface area (Å²) in [4.78, 5) is 13.4. The molecule has 0 bridgehead atoms. The van der Waals surface area contributed by atoms with Gasteiger partial charge in [0.1, 0.15) is 0 Å². The maximum atomic E-state index is 11.0. The highest BCUT2D eigenvalue weighted by Crippen LogP contribution is 2.17. The number of carbonyl (C=O) groups is 1. The Morgan fingerprint density at radius 3 is 2.85 bits per heavy atom. The molecule has 0 aliphatic carbocycles. The van der Waals surface area contributed by atoms with Gasteiger partial charge in [0, 0.05) is 31.0 Å². The first-order chi connectivity index (χ1) is 9.66. The monoisotopic (exact) mass is 279 g/mol. The molecule has 1 heterocycles. The number of carboxylic acids is 1. The van der Waals surface area contributed by atoms with Crippen LogP contribution in [-0.2, 0) is 4.74 Å². The minimum Gasteiger partial charge on any atom is -0.478 e. The van der Waals surface area contributed by atoms with E-state index < -0.39 is 5.97 Å². The second-order valence-electron chi connectivity index (χ2n) is 4.84. The molecular formula is C14H21N3O3. The number of nitrogens with one attached hydrogen (secondary N) is 1. The Balaban J connectivity index is 1.76. The zero-order valence-corrected chi connectivity index (χ0v) is 11.5. The molecule has 6 nitrogen and oxygen atoms in total. The van der Waals surface area contributed by atoms with Gasteiger partial charge >= 0.3 is 5.97 Å². The number of ether oxygens (including phenoxy) is 1. The summed E-state index contributed by atoms with van der Waals surface area (Å²) in [6, 6.07) is 5.00. The third-order valence-corrected chi connectivity index (χ3v) is 3.37. The quantitative estimate of drug-likeness (QED) is 0.534. The number of rotatable bonds is 6. The lowest BCUT2D eigenvalue weighted by Crippen LogP contribution is -2.37. The Morgan fingerprint density at radius 2 is 2.15 bits per heavy atom. The Bertz CT molecular complexity index is 459. The Hall–Kier alpha value is -1.79. The van der Waals surface area contributed by atoms with Crippen LogP contribution in [0.3, 0.4) is 0 Å². The molecule has 1 saturated heterocycles. The van der Waals surface area contributed by atoms with Crippen molar-refractivity contribution in [2.24, 2.45) is 0 Å². The van der Waals surface area contributed by atoms with Gasteiger partial charge in [-0.2, -0.15) is 0 Å². The maximum Gasteiger partial charge on any atom is 0.337 e. The van der Waals surface area contributed by atoms with Gasteiger partial charge in [-0.3, -0.25) is 4.90 Å². The Kier molecular flexibility index (Phi) is 5.20. The van der Waals surface area contributed by atoms with Crippen molar-refractivity contribution in [3.8, 4) is 0 Å². The van der Waals surface area contributed by atoms with Gasteiger partial charge in [-0.05, 0) is 31.2 Å². The molecule has 0 radical (unpaired) electrons. The minimum absolute atomic E-state index is 0.142. The second-order valence-corrected chi connectivity index (χ2v) is 4.84. The third kappa shape index (κ3) is 4.11. The predicted molar refractivity (Wildman–Crippen MR) is 78.2 cm³/mol. The number of nitrogen functional groups attached to an aromatic ring is 1. The summed E-state index contributed by atoms with van der Waals surface area (Å²) in [6.07, 6.45) is 1.01. The number of nitrogens with zero attached hydrogens (tertiary/aromatic N) is 1. The summed E-state index contributed by atoms with van der Waals surface area (Å²) in [6.45, 7) is 5.44. The van der Waals surface area contributed by atoms with Gasteiger partial charge < -0.3 is 20.9 Å². The number of benzene rings is 1. The van der Waals surface area contributed by atoms with E-state index in [2.05, 4.69) is 10.2 Å². The van der Waals surface area contributed by atoms with Gasteiger partial charge in [0.05, 0.1) is 18.8 Å². The smallest absolute Gasteiger partial charge is 0.337 e. The van der Waals surface area contributed by atoms with Gasteiger partial charge in [0.15, 0.2) is 0 Å². The van der Waals surface area contributed by atoms with Crippen molar-refractivity contribution in [2.45, 2.75) is 6.42 Å². The molecule has 110 valence electrons. The first kappa shape index (κ1) is 14.6. The molecular weight excluding hydrogens is 258 g/mol. The van der Waals surface area contributed by atoms with Crippen LogP contribution in [0.15, 0.2) is 18.2 Å².